The standard InChI is InChI=1S/C9H14N2O3/c1-12-7-4-8(13-2)9(14-3)11-6(7)5-10/h4H,5,10H2,1-3H3. The van der Waals surface area contributed by atoms with E-state index >= 15 is 0 Å². The van der Waals surface area contributed by atoms with E-state index in [9.17, 15) is 0 Å². The monoisotopic (exact) mass is 198 g/mol. The molecule has 0 saturated heterocycles. The largest absolute Gasteiger partial charge is 0.495 e. The van der Waals surface area contributed by atoms with E-state index in [1.54, 1.807) is 20.3 Å². The van der Waals surface area contributed by atoms with Gasteiger partial charge >= 0.3 is 0 Å². The fourth-order valence-electron chi connectivity index (χ4n) is 1.11. The second-order valence-electron chi connectivity index (χ2n) is 2.55. The second kappa shape index (κ2) is 4.66. The van der Waals surface area contributed by atoms with Gasteiger partial charge < -0.3 is 19.9 Å². The molecule has 1 aromatic heterocycles. The molecule has 0 bridgehead atoms. The number of ether oxygens (including phenoxy) is 3. The predicted octanol–water partition coefficient (Wildman–Crippen LogP) is 0.566. The van der Waals surface area contributed by atoms with Crippen LogP contribution in [0.15, 0.2) is 6.07 Å². The Kier molecular flexibility index (Phi) is 3.53. The highest BCUT2D eigenvalue weighted by Gasteiger charge is 2.11. The van der Waals surface area contributed by atoms with E-state index in [0.29, 0.717) is 29.6 Å². The zero-order valence-electron chi connectivity index (χ0n) is 8.53. The topological polar surface area (TPSA) is 66.6 Å². The van der Waals surface area contributed by atoms with Gasteiger partial charge in [0, 0.05) is 12.6 Å². The van der Waals surface area contributed by atoms with Crippen molar-refractivity contribution in [3.8, 4) is 17.4 Å². The summed E-state index contributed by atoms with van der Waals surface area (Å²) in [6.07, 6.45) is 0. The molecule has 0 radical (unpaired) electrons. The molecule has 0 aliphatic heterocycles. The molecule has 1 rings (SSSR count). The molecule has 0 saturated carbocycles. The second-order valence-corrected chi connectivity index (χ2v) is 2.55. The van der Waals surface area contributed by atoms with Crippen LogP contribution < -0.4 is 19.9 Å². The molecule has 0 aliphatic carbocycles. The molecule has 0 amide bonds. The average Bonchev–Trinajstić information content (AvgIpc) is 2.26. The van der Waals surface area contributed by atoms with Crippen molar-refractivity contribution in [3.63, 3.8) is 0 Å². The normalized spacial score (nSPS) is 9.71. The van der Waals surface area contributed by atoms with Gasteiger partial charge in [0.2, 0.25) is 0 Å². The minimum atomic E-state index is 0.295. The quantitative estimate of drug-likeness (QED) is 0.766. The highest BCUT2D eigenvalue weighted by atomic mass is 16.5. The van der Waals surface area contributed by atoms with E-state index in [1.165, 1.54) is 7.11 Å². The van der Waals surface area contributed by atoms with Crippen LogP contribution in [0.2, 0.25) is 0 Å². The SMILES string of the molecule is COc1cc(OC)c(OC)nc1CN. The van der Waals surface area contributed by atoms with Crippen LogP contribution in [0.4, 0.5) is 0 Å². The van der Waals surface area contributed by atoms with E-state index in [1.807, 2.05) is 0 Å². The Bertz CT molecular complexity index is 257. The van der Waals surface area contributed by atoms with Gasteiger partial charge in [0.25, 0.3) is 5.88 Å². The van der Waals surface area contributed by atoms with Gasteiger partial charge in [-0.25, -0.2) is 4.98 Å². The summed E-state index contributed by atoms with van der Waals surface area (Å²) in [7, 11) is 4.63. The number of methoxy groups -OCH3 is 3. The number of hydrogen-bond acceptors (Lipinski definition) is 5. The van der Waals surface area contributed by atoms with Crippen LogP contribution in [0, 0.1) is 0 Å². The van der Waals surface area contributed by atoms with Crippen molar-refractivity contribution >= 4 is 0 Å². The fourth-order valence-corrected chi connectivity index (χ4v) is 1.11. The van der Waals surface area contributed by atoms with Crippen molar-refractivity contribution < 1.29 is 14.2 Å². The zero-order valence-corrected chi connectivity index (χ0v) is 8.53. The fraction of sp³-hybridized carbons (Fsp3) is 0.444. The maximum absolute atomic E-state index is 5.50. The number of nitrogens with two attached hydrogens (primary N) is 1. The third kappa shape index (κ3) is 1.88. The highest BCUT2D eigenvalue weighted by molar-refractivity contribution is 5.43. The minimum absolute atomic E-state index is 0.295. The number of rotatable bonds is 4. The summed E-state index contributed by atoms with van der Waals surface area (Å²) in [4.78, 5) is 4.15. The van der Waals surface area contributed by atoms with Crippen LogP contribution in [-0.4, -0.2) is 26.3 Å². The predicted molar refractivity (Wildman–Crippen MR) is 51.8 cm³/mol. The lowest BCUT2D eigenvalue weighted by molar-refractivity contribution is 0.333. The summed E-state index contributed by atoms with van der Waals surface area (Å²) in [5.74, 6) is 1.54. The minimum Gasteiger partial charge on any atom is -0.495 e. The Labute approximate surface area is 82.8 Å². The first-order valence-electron chi connectivity index (χ1n) is 4.12. The summed E-state index contributed by atoms with van der Waals surface area (Å²) in [5, 5.41) is 0. The average molecular weight is 198 g/mol. The molecule has 14 heavy (non-hydrogen) atoms. The van der Waals surface area contributed by atoms with E-state index < -0.39 is 0 Å². The summed E-state index contributed by atoms with van der Waals surface area (Å²) < 4.78 is 15.2. The third-order valence-electron chi connectivity index (χ3n) is 1.82. The van der Waals surface area contributed by atoms with Crippen LogP contribution in [-0.2, 0) is 6.54 Å². The van der Waals surface area contributed by atoms with E-state index in [0.717, 1.165) is 0 Å². The Morgan fingerprint density at radius 3 is 2.21 bits per heavy atom. The molecule has 0 unspecified atom stereocenters. The van der Waals surface area contributed by atoms with E-state index in [4.69, 9.17) is 19.9 Å². The van der Waals surface area contributed by atoms with Gasteiger partial charge in [-0.1, -0.05) is 0 Å². The van der Waals surface area contributed by atoms with E-state index in [2.05, 4.69) is 4.98 Å². The maximum Gasteiger partial charge on any atom is 0.257 e. The van der Waals surface area contributed by atoms with Crippen molar-refractivity contribution in [2.45, 2.75) is 6.54 Å². The van der Waals surface area contributed by atoms with Crippen molar-refractivity contribution in [1.29, 1.82) is 0 Å². The number of nitrogens with zero attached hydrogens (tertiary/aromatic N) is 1. The van der Waals surface area contributed by atoms with Gasteiger partial charge in [-0.15, -0.1) is 0 Å². The smallest absolute Gasteiger partial charge is 0.257 e. The van der Waals surface area contributed by atoms with Crippen LogP contribution in [0.5, 0.6) is 17.4 Å². The molecule has 2 N–H and O–H groups in total. The van der Waals surface area contributed by atoms with Crippen molar-refractivity contribution in [3.05, 3.63) is 11.8 Å². The Morgan fingerprint density at radius 2 is 1.79 bits per heavy atom. The zero-order chi connectivity index (χ0) is 10.6. The molecule has 0 spiro atoms. The lowest BCUT2D eigenvalue weighted by Crippen LogP contribution is -2.05. The molecule has 0 aromatic carbocycles. The van der Waals surface area contributed by atoms with Gasteiger partial charge in [-0.3, -0.25) is 0 Å². The number of aromatic nitrogens is 1. The van der Waals surface area contributed by atoms with Gasteiger partial charge in [-0.2, -0.15) is 0 Å². The summed E-state index contributed by atoms with van der Waals surface area (Å²) >= 11 is 0. The van der Waals surface area contributed by atoms with Gasteiger partial charge in [0.05, 0.1) is 21.3 Å². The summed E-state index contributed by atoms with van der Waals surface area (Å²) in [5.41, 5.74) is 6.15. The van der Waals surface area contributed by atoms with Crippen molar-refractivity contribution in [2.24, 2.45) is 5.73 Å². The van der Waals surface area contributed by atoms with Crippen molar-refractivity contribution in [1.82, 2.24) is 4.98 Å². The molecule has 78 valence electrons. The lowest BCUT2D eigenvalue weighted by atomic mass is 10.3. The number of hydrogen-bond donors (Lipinski definition) is 1. The number of pyridine rings is 1. The lowest BCUT2D eigenvalue weighted by Gasteiger charge is -2.11. The van der Waals surface area contributed by atoms with Gasteiger partial charge in [0.15, 0.2) is 5.75 Å². The van der Waals surface area contributed by atoms with Crippen LogP contribution >= 0.6 is 0 Å². The molecule has 5 heteroatoms. The molecular formula is C9H14N2O3. The molecule has 5 nitrogen and oxygen atoms in total. The highest BCUT2D eigenvalue weighted by Crippen LogP contribution is 2.30. The van der Waals surface area contributed by atoms with Crippen LogP contribution in [0.1, 0.15) is 5.69 Å². The van der Waals surface area contributed by atoms with E-state index in [-0.39, 0.29) is 0 Å². The Balaban J connectivity index is 3.20. The third-order valence-corrected chi connectivity index (χ3v) is 1.82. The molecule has 1 heterocycles. The summed E-state index contributed by atoms with van der Waals surface area (Å²) in [6.45, 7) is 0.295. The van der Waals surface area contributed by atoms with Crippen LogP contribution in [0.25, 0.3) is 0 Å². The maximum atomic E-state index is 5.50. The summed E-state index contributed by atoms with van der Waals surface area (Å²) in [6, 6.07) is 1.70. The van der Waals surface area contributed by atoms with Crippen molar-refractivity contribution in [2.75, 3.05) is 21.3 Å². The van der Waals surface area contributed by atoms with Gasteiger partial charge in [-0.05, 0) is 0 Å². The molecule has 0 atom stereocenters. The van der Waals surface area contributed by atoms with Crippen LogP contribution in [0.3, 0.4) is 0 Å². The molecule has 0 fully saturated rings. The first-order valence-corrected chi connectivity index (χ1v) is 4.12. The first kappa shape index (κ1) is 10.6. The first-order chi connectivity index (χ1) is 6.76. The Morgan fingerprint density at radius 1 is 1.14 bits per heavy atom. The Hall–Kier alpha value is -1.49. The molecule has 1 aromatic rings. The molecule has 0 aliphatic rings. The van der Waals surface area contributed by atoms with Gasteiger partial charge in [0.1, 0.15) is 11.4 Å². The molecular weight excluding hydrogens is 184 g/mol.